The number of nitrogen functional groups attached to an aromatic ring is 1. The van der Waals surface area contributed by atoms with Gasteiger partial charge in [0.2, 0.25) is 0 Å². The lowest BCUT2D eigenvalue weighted by atomic mass is 10.3. The van der Waals surface area contributed by atoms with Crippen molar-refractivity contribution in [1.82, 2.24) is 9.36 Å². The number of hydrogen-bond acceptors (Lipinski definition) is 5. The molecular weight excluding hydrogens is 348 g/mol. The SMILES string of the molecule is Nc1cc(I)c(F)cc1Sc1ncns1. The van der Waals surface area contributed by atoms with Crippen LogP contribution in [-0.4, -0.2) is 9.36 Å². The van der Waals surface area contributed by atoms with Crippen LogP contribution in [0.2, 0.25) is 0 Å². The molecule has 2 aromatic rings. The van der Waals surface area contributed by atoms with Crippen molar-refractivity contribution in [2.24, 2.45) is 0 Å². The van der Waals surface area contributed by atoms with Gasteiger partial charge in [0.25, 0.3) is 0 Å². The first-order valence-electron chi connectivity index (χ1n) is 3.86. The third-order valence-corrected chi connectivity index (χ3v) is 4.21. The maximum atomic E-state index is 13.3. The van der Waals surface area contributed by atoms with Crippen LogP contribution in [0.1, 0.15) is 0 Å². The summed E-state index contributed by atoms with van der Waals surface area (Å²) in [6.07, 6.45) is 1.46. The fourth-order valence-electron chi connectivity index (χ4n) is 0.934. The predicted molar refractivity (Wildman–Crippen MR) is 67.6 cm³/mol. The second-order valence-electron chi connectivity index (χ2n) is 2.61. The molecule has 0 aliphatic carbocycles. The first kappa shape index (κ1) is 11.1. The Bertz CT molecular complexity index is 475. The number of benzene rings is 1. The summed E-state index contributed by atoms with van der Waals surface area (Å²) < 4.78 is 18.4. The third-order valence-electron chi connectivity index (χ3n) is 1.59. The van der Waals surface area contributed by atoms with Gasteiger partial charge in [-0.1, -0.05) is 11.8 Å². The number of aromatic nitrogens is 2. The van der Waals surface area contributed by atoms with Gasteiger partial charge in [-0.3, -0.25) is 0 Å². The van der Waals surface area contributed by atoms with E-state index in [1.807, 2.05) is 22.6 Å². The monoisotopic (exact) mass is 353 g/mol. The molecule has 3 nitrogen and oxygen atoms in total. The molecule has 0 aliphatic heterocycles. The molecule has 2 rings (SSSR count). The lowest BCUT2D eigenvalue weighted by Gasteiger charge is -2.04. The van der Waals surface area contributed by atoms with Gasteiger partial charge < -0.3 is 5.73 Å². The minimum atomic E-state index is -0.267. The van der Waals surface area contributed by atoms with Crippen LogP contribution in [0.4, 0.5) is 10.1 Å². The zero-order valence-electron chi connectivity index (χ0n) is 7.28. The third kappa shape index (κ3) is 2.58. The van der Waals surface area contributed by atoms with Crippen molar-refractivity contribution in [2.45, 2.75) is 9.24 Å². The van der Waals surface area contributed by atoms with Gasteiger partial charge in [0.05, 0.1) is 3.57 Å². The topological polar surface area (TPSA) is 51.8 Å². The second-order valence-corrected chi connectivity index (χ2v) is 5.84. The van der Waals surface area contributed by atoms with Gasteiger partial charge in [0, 0.05) is 10.6 Å². The highest BCUT2D eigenvalue weighted by Gasteiger charge is 2.08. The van der Waals surface area contributed by atoms with E-state index in [9.17, 15) is 4.39 Å². The smallest absolute Gasteiger partial charge is 0.174 e. The average molecular weight is 353 g/mol. The number of anilines is 1. The van der Waals surface area contributed by atoms with Gasteiger partial charge in [-0.25, -0.2) is 9.37 Å². The van der Waals surface area contributed by atoms with Crippen LogP contribution in [0.15, 0.2) is 27.7 Å². The Kier molecular flexibility index (Phi) is 3.42. The normalized spacial score (nSPS) is 10.5. The molecule has 1 heterocycles. The van der Waals surface area contributed by atoms with Crippen molar-refractivity contribution >= 4 is 51.6 Å². The van der Waals surface area contributed by atoms with Gasteiger partial charge in [-0.15, -0.1) is 0 Å². The van der Waals surface area contributed by atoms with Crippen LogP contribution < -0.4 is 5.73 Å². The molecule has 0 saturated carbocycles. The maximum Gasteiger partial charge on any atom is 0.174 e. The number of hydrogen-bond donors (Lipinski definition) is 1. The number of halogens is 2. The second kappa shape index (κ2) is 4.62. The molecule has 0 spiro atoms. The van der Waals surface area contributed by atoms with E-state index in [4.69, 9.17) is 5.73 Å². The van der Waals surface area contributed by atoms with E-state index in [1.165, 1.54) is 35.7 Å². The summed E-state index contributed by atoms with van der Waals surface area (Å²) in [6.45, 7) is 0. The van der Waals surface area contributed by atoms with Crippen molar-refractivity contribution in [3.8, 4) is 0 Å². The molecule has 1 aromatic carbocycles. The fraction of sp³-hybridized carbons (Fsp3) is 0. The van der Waals surface area contributed by atoms with E-state index in [0.717, 1.165) is 4.34 Å². The Balaban J connectivity index is 2.33. The summed E-state index contributed by atoms with van der Waals surface area (Å²) in [7, 11) is 0. The van der Waals surface area contributed by atoms with Gasteiger partial charge >= 0.3 is 0 Å². The van der Waals surface area contributed by atoms with Crippen LogP contribution >= 0.6 is 45.9 Å². The molecule has 1 aromatic heterocycles. The molecule has 0 amide bonds. The summed E-state index contributed by atoms with van der Waals surface area (Å²) in [5.41, 5.74) is 6.33. The van der Waals surface area contributed by atoms with Crippen LogP contribution in [0, 0.1) is 9.39 Å². The van der Waals surface area contributed by atoms with Crippen molar-refractivity contribution in [2.75, 3.05) is 5.73 Å². The standard InChI is InChI=1S/C8H5FIN3S2/c9-4-1-7(6(11)2-5(4)10)14-8-12-3-13-15-8/h1-3H,11H2. The summed E-state index contributed by atoms with van der Waals surface area (Å²) in [5, 5.41) is 0. The van der Waals surface area contributed by atoms with Crippen molar-refractivity contribution < 1.29 is 4.39 Å². The van der Waals surface area contributed by atoms with Crippen molar-refractivity contribution in [3.05, 3.63) is 27.8 Å². The maximum absolute atomic E-state index is 13.3. The summed E-state index contributed by atoms with van der Waals surface area (Å²) >= 11 is 4.49. The molecule has 0 saturated heterocycles. The van der Waals surface area contributed by atoms with Crippen molar-refractivity contribution in [3.63, 3.8) is 0 Å². The van der Waals surface area contributed by atoms with E-state index in [-0.39, 0.29) is 5.82 Å². The highest BCUT2D eigenvalue weighted by Crippen LogP contribution is 2.34. The van der Waals surface area contributed by atoms with Crippen LogP contribution in [0.3, 0.4) is 0 Å². The van der Waals surface area contributed by atoms with Crippen LogP contribution in [-0.2, 0) is 0 Å². The van der Waals surface area contributed by atoms with Crippen molar-refractivity contribution in [1.29, 1.82) is 0 Å². The largest absolute Gasteiger partial charge is 0.398 e. The van der Waals surface area contributed by atoms with Gasteiger partial charge in [-0.05, 0) is 46.3 Å². The molecular formula is C8H5FIN3S2. The molecule has 0 atom stereocenters. The highest BCUT2D eigenvalue weighted by atomic mass is 127. The molecule has 78 valence electrons. The molecule has 0 fully saturated rings. The zero-order valence-corrected chi connectivity index (χ0v) is 11.1. The molecule has 2 N–H and O–H groups in total. The van der Waals surface area contributed by atoms with Gasteiger partial charge in [0.15, 0.2) is 4.34 Å². The molecule has 0 unspecified atom stereocenters. The van der Waals surface area contributed by atoms with E-state index in [2.05, 4.69) is 9.36 Å². The summed E-state index contributed by atoms with van der Waals surface area (Å²) in [4.78, 5) is 4.67. The Labute approximate surface area is 108 Å². The molecule has 0 radical (unpaired) electrons. The van der Waals surface area contributed by atoms with Crippen LogP contribution in [0.25, 0.3) is 0 Å². The first-order chi connectivity index (χ1) is 7.16. The number of nitrogens with zero attached hydrogens (tertiary/aromatic N) is 2. The zero-order chi connectivity index (χ0) is 10.8. The summed E-state index contributed by atoms with van der Waals surface area (Å²) in [5.74, 6) is -0.267. The van der Waals surface area contributed by atoms with E-state index < -0.39 is 0 Å². The first-order valence-corrected chi connectivity index (χ1v) is 6.52. The van der Waals surface area contributed by atoms with E-state index in [1.54, 1.807) is 6.07 Å². The molecule has 7 heteroatoms. The Morgan fingerprint density at radius 1 is 1.47 bits per heavy atom. The minimum Gasteiger partial charge on any atom is -0.398 e. The lowest BCUT2D eigenvalue weighted by molar-refractivity contribution is 0.617. The molecule has 0 aliphatic rings. The van der Waals surface area contributed by atoms with Crippen LogP contribution in [0.5, 0.6) is 0 Å². The van der Waals surface area contributed by atoms with E-state index >= 15 is 0 Å². The van der Waals surface area contributed by atoms with Gasteiger partial charge in [0.1, 0.15) is 12.1 Å². The Morgan fingerprint density at radius 2 is 2.27 bits per heavy atom. The molecule has 15 heavy (non-hydrogen) atoms. The number of rotatable bonds is 2. The Morgan fingerprint density at radius 3 is 2.93 bits per heavy atom. The van der Waals surface area contributed by atoms with E-state index in [0.29, 0.717) is 14.2 Å². The molecule has 0 bridgehead atoms. The highest BCUT2D eigenvalue weighted by molar-refractivity contribution is 14.1. The fourth-order valence-corrected chi connectivity index (χ4v) is 2.88. The van der Waals surface area contributed by atoms with Gasteiger partial charge in [-0.2, -0.15) is 4.37 Å². The summed E-state index contributed by atoms with van der Waals surface area (Å²) in [6, 6.07) is 3.03. The lowest BCUT2D eigenvalue weighted by Crippen LogP contribution is -1.92. The quantitative estimate of drug-likeness (QED) is 0.666. The minimum absolute atomic E-state index is 0.267. The number of nitrogens with two attached hydrogens (primary N) is 1. The average Bonchev–Trinajstić information content (AvgIpc) is 2.67. The Hall–Kier alpha value is -0.410. The predicted octanol–water partition coefficient (Wildman–Crippen LogP) is 3.02.